The van der Waals surface area contributed by atoms with Crippen LogP contribution in [0, 0.1) is 6.92 Å². The SMILES string of the molecule is CCCCOC(=O)C12CCCCCC1(c1ccc(C)cc1)O2. The maximum Gasteiger partial charge on any atom is 0.341 e. The zero-order valence-electron chi connectivity index (χ0n) is 13.7. The number of unbranched alkanes of at least 4 members (excludes halogenated alkanes) is 1. The zero-order valence-corrected chi connectivity index (χ0v) is 13.7. The summed E-state index contributed by atoms with van der Waals surface area (Å²) in [7, 11) is 0. The number of rotatable bonds is 5. The predicted octanol–water partition coefficient (Wildman–Crippen LogP) is 4.27. The molecule has 0 N–H and O–H groups in total. The first-order valence-corrected chi connectivity index (χ1v) is 8.59. The molecule has 1 aromatic carbocycles. The van der Waals surface area contributed by atoms with Crippen LogP contribution in [0.1, 0.15) is 63.0 Å². The summed E-state index contributed by atoms with van der Waals surface area (Å²) < 4.78 is 11.7. The molecule has 0 aromatic heterocycles. The normalized spacial score (nSPS) is 30.3. The Morgan fingerprint density at radius 1 is 1.18 bits per heavy atom. The Bertz CT molecular complexity index is 536. The fourth-order valence-corrected chi connectivity index (χ4v) is 3.70. The third-order valence-corrected chi connectivity index (χ3v) is 5.10. The second-order valence-corrected chi connectivity index (χ2v) is 6.67. The van der Waals surface area contributed by atoms with E-state index in [0.29, 0.717) is 6.61 Å². The number of carbonyl (C=O) groups excluding carboxylic acids is 1. The maximum absolute atomic E-state index is 12.7. The second-order valence-electron chi connectivity index (χ2n) is 6.67. The summed E-state index contributed by atoms with van der Waals surface area (Å²) in [6.45, 7) is 4.68. The summed E-state index contributed by atoms with van der Waals surface area (Å²) in [4.78, 5) is 12.7. The van der Waals surface area contributed by atoms with Crippen LogP contribution in [0.2, 0.25) is 0 Å². The van der Waals surface area contributed by atoms with Gasteiger partial charge < -0.3 is 9.47 Å². The fraction of sp³-hybridized carbons (Fsp3) is 0.632. The van der Waals surface area contributed by atoms with Crippen molar-refractivity contribution in [3.8, 4) is 0 Å². The van der Waals surface area contributed by atoms with E-state index in [2.05, 4.69) is 38.1 Å². The number of esters is 1. The van der Waals surface area contributed by atoms with Crippen molar-refractivity contribution in [2.24, 2.45) is 0 Å². The largest absolute Gasteiger partial charge is 0.463 e. The minimum atomic E-state index is -0.730. The van der Waals surface area contributed by atoms with E-state index in [4.69, 9.17) is 9.47 Å². The van der Waals surface area contributed by atoms with Crippen LogP contribution in [-0.2, 0) is 19.9 Å². The first-order valence-electron chi connectivity index (χ1n) is 8.59. The number of hydrogen-bond acceptors (Lipinski definition) is 3. The molecule has 2 unspecified atom stereocenters. The van der Waals surface area contributed by atoms with Crippen LogP contribution in [0.4, 0.5) is 0 Å². The Morgan fingerprint density at radius 3 is 2.64 bits per heavy atom. The highest BCUT2D eigenvalue weighted by molar-refractivity contribution is 5.85. The van der Waals surface area contributed by atoms with E-state index < -0.39 is 11.2 Å². The van der Waals surface area contributed by atoms with Gasteiger partial charge in [-0.1, -0.05) is 56.0 Å². The highest BCUT2D eigenvalue weighted by Crippen LogP contribution is 2.63. The Morgan fingerprint density at radius 2 is 1.91 bits per heavy atom. The molecule has 3 rings (SSSR count). The van der Waals surface area contributed by atoms with Crippen LogP contribution in [0.25, 0.3) is 0 Å². The van der Waals surface area contributed by atoms with E-state index in [1.54, 1.807) is 0 Å². The minimum absolute atomic E-state index is 0.150. The Labute approximate surface area is 133 Å². The monoisotopic (exact) mass is 302 g/mol. The summed E-state index contributed by atoms with van der Waals surface area (Å²) in [6.07, 6.45) is 6.96. The second kappa shape index (κ2) is 6.04. The molecule has 1 aromatic rings. The third-order valence-electron chi connectivity index (χ3n) is 5.10. The molecule has 1 heterocycles. The van der Waals surface area contributed by atoms with Crippen molar-refractivity contribution in [2.75, 3.05) is 6.61 Å². The van der Waals surface area contributed by atoms with Crippen molar-refractivity contribution >= 4 is 5.97 Å². The summed E-state index contributed by atoms with van der Waals surface area (Å²) >= 11 is 0. The average Bonchev–Trinajstić information content (AvgIpc) is 3.19. The van der Waals surface area contributed by atoms with Gasteiger partial charge in [-0.2, -0.15) is 0 Å². The highest BCUT2D eigenvalue weighted by atomic mass is 16.7. The lowest BCUT2D eigenvalue weighted by Crippen LogP contribution is -2.34. The lowest BCUT2D eigenvalue weighted by atomic mass is 9.82. The van der Waals surface area contributed by atoms with E-state index in [1.807, 2.05) is 0 Å². The number of fused-ring (bicyclic) bond motifs is 1. The lowest BCUT2D eigenvalue weighted by molar-refractivity contribution is -0.150. The van der Waals surface area contributed by atoms with E-state index in [0.717, 1.165) is 44.1 Å². The molecule has 0 bridgehead atoms. The van der Waals surface area contributed by atoms with Crippen molar-refractivity contribution < 1.29 is 14.3 Å². The van der Waals surface area contributed by atoms with Gasteiger partial charge in [0.1, 0.15) is 5.60 Å². The molecule has 0 spiro atoms. The van der Waals surface area contributed by atoms with Crippen LogP contribution in [0.3, 0.4) is 0 Å². The van der Waals surface area contributed by atoms with Crippen molar-refractivity contribution in [3.63, 3.8) is 0 Å². The van der Waals surface area contributed by atoms with Gasteiger partial charge in [-0.25, -0.2) is 4.79 Å². The van der Waals surface area contributed by atoms with Gasteiger partial charge in [0.05, 0.1) is 6.61 Å². The van der Waals surface area contributed by atoms with Crippen LogP contribution >= 0.6 is 0 Å². The molecule has 3 heteroatoms. The van der Waals surface area contributed by atoms with Gasteiger partial charge in [0.2, 0.25) is 0 Å². The Balaban J connectivity index is 1.85. The Kier molecular flexibility index (Phi) is 4.26. The molecular weight excluding hydrogens is 276 g/mol. The molecular formula is C19H26O3. The molecule has 120 valence electrons. The molecule has 2 atom stereocenters. The predicted molar refractivity (Wildman–Crippen MR) is 85.6 cm³/mol. The minimum Gasteiger partial charge on any atom is -0.463 e. The molecule has 1 aliphatic heterocycles. The van der Waals surface area contributed by atoms with Crippen molar-refractivity contribution in [2.45, 2.75) is 70.0 Å². The molecule has 0 amide bonds. The number of hydrogen-bond donors (Lipinski definition) is 0. The summed E-state index contributed by atoms with van der Waals surface area (Å²) in [5, 5.41) is 0. The van der Waals surface area contributed by atoms with Gasteiger partial charge in [0.15, 0.2) is 5.60 Å². The zero-order chi connectivity index (χ0) is 15.6. The molecule has 1 aliphatic carbocycles. The van der Waals surface area contributed by atoms with Crippen LogP contribution in [0.5, 0.6) is 0 Å². The van der Waals surface area contributed by atoms with Gasteiger partial charge in [-0.15, -0.1) is 0 Å². The Hall–Kier alpha value is -1.35. The number of aryl methyl sites for hydroxylation is 1. The molecule has 3 nitrogen and oxygen atoms in total. The first-order chi connectivity index (χ1) is 10.6. The van der Waals surface area contributed by atoms with Gasteiger partial charge in [-0.05, 0) is 38.2 Å². The van der Waals surface area contributed by atoms with Gasteiger partial charge in [-0.3, -0.25) is 0 Å². The highest BCUT2D eigenvalue weighted by Gasteiger charge is 2.75. The van der Waals surface area contributed by atoms with E-state index >= 15 is 0 Å². The van der Waals surface area contributed by atoms with Gasteiger partial charge in [0, 0.05) is 0 Å². The van der Waals surface area contributed by atoms with E-state index in [-0.39, 0.29) is 5.97 Å². The van der Waals surface area contributed by atoms with Gasteiger partial charge >= 0.3 is 5.97 Å². The average molecular weight is 302 g/mol. The van der Waals surface area contributed by atoms with Crippen LogP contribution in [-0.4, -0.2) is 18.2 Å². The molecule has 22 heavy (non-hydrogen) atoms. The van der Waals surface area contributed by atoms with Crippen molar-refractivity contribution in [1.82, 2.24) is 0 Å². The summed E-state index contributed by atoms with van der Waals surface area (Å²) in [5.74, 6) is -0.150. The molecule has 1 saturated carbocycles. The van der Waals surface area contributed by atoms with Crippen molar-refractivity contribution in [1.29, 1.82) is 0 Å². The molecule has 2 fully saturated rings. The summed E-state index contributed by atoms with van der Waals surface area (Å²) in [5.41, 5.74) is 1.19. The van der Waals surface area contributed by atoms with E-state index in [9.17, 15) is 4.79 Å². The number of benzene rings is 1. The summed E-state index contributed by atoms with van der Waals surface area (Å²) in [6, 6.07) is 8.43. The first kappa shape index (κ1) is 15.5. The standard InChI is InChI=1S/C19H26O3/c1-3-4-14-21-17(20)19-13-7-5-6-12-18(19,22-19)16-10-8-15(2)9-11-16/h8-11H,3-7,12-14H2,1-2H3. The maximum atomic E-state index is 12.7. The third kappa shape index (κ3) is 2.45. The smallest absolute Gasteiger partial charge is 0.341 e. The number of epoxide rings is 1. The van der Waals surface area contributed by atoms with Crippen LogP contribution < -0.4 is 0 Å². The van der Waals surface area contributed by atoms with Crippen molar-refractivity contribution in [3.05, 3.63) is 35.4 Å². The molecule has 1 saturated heterocycles. The quantitative estimate of drug-likeness (QED) is 0.463. The number of carbonyl (C=O) groups is 1. The van der Waals surface area contributed by atoms with Gasteiger partial charge in [0.25, 0.3) is 0 Å². The number of ether oxygens (including phenoxy) is 2. The van der Waals surface area contributed by atoms with Crippen LogP contribution in [0.15, 0.2) is 24.3 Å². The van der Waals surface area contributed by atoms with E-state index in [1.165, 1.54) is 12.0 Å². The molecule has 2 aliphatic rings. The fourth-order valence-electron chi connectivity index (χ4n) is 3.70. The molecule has 0 radical (unpaired) electrons. The lowest BCUT2D eigenvalue weighted by Gasteiger charge is -2.17. The topological polar surface area (TPSA) is 38.8 Å².